The summed E-state index contributed by atoms with van der Waals surface area (Å²) in [4.78, 5) is 0. The van der Waals surface area contributed by atoms with Crippen molar-refractivity contribution < 1.29 is 0 Å². The third-order valence-electron chi connectivity index (χ3n) is 1.92. The molecule has 0 unspecified atom stereocenters. The fourth-order valence-corrected chi connectivity index (χ4v) is 1.63. The fourth-order valence-electron chi connectivity index (χ4n) is 1.32. The zero-order chi connectivity index (χ0) is 6.53. The number of hydrogen-bond donors (Lipinski definition) is 1. The molecule has 54 valence electrons. The number of piperidine rings is 1. The first-order valence-electron chi connectivity index (χ1n) is 3.70. The molecule has 1 heterocycles. The monoisotopic (exact) mass is 147 g/mol. The van der Waals surface area contributed by atoms with Crippen LogP contribution in [-0.4, -0.2) is 19.0 Å². The Morgan fingerprint density at radius 3 is 3.00 bits per heavy atom. The zero-order valence-corrected chi connectivity index (χ0v) is 6.45. The Hall–Kier alpha value is 0.250. The maximum atomic E-state index is 5.61. The second-order valence-corrected chi connectivity index (χ2v) is 3.07. The largest absolute Gasteiger partial charge is 0.316 e. The molecule has 1 rings (SSSR count). The van der Waals surface area contributed by atoms with E-state index in [0.717, 1.165) is 11.8 Å². The van der Waals surface area contributed by atoms with Gasteiger partial charge < -0.3 is 5.32 Å². The zero-order valence-electron chi connectivity index (χ0n) is 5.70. The molecule has 1 aliphatic rings. The van der Waals surface area contributed by atoms with Crippen molar-refractivity contribution in [3.05, 3.63) is 0 Å². The van der Waals surface area contributed by atoms with Gasteiger partial charge in [-0.05, 0) is 38.3 Å². The van der Waals surface area contributed by atoms with E-state index in [1.165, 1.54) is 32.4 Å². The van der Waals surface area contributed by atoms with Gasteiger partial charge in [0.15, 0.2) is 0 Å². The average molecular weight is 148 g/mol. The van der Waals surface area contributed by atoms with E-state index in [4.69, 9.17) is 11.6 Å². The third-order valence-corrected chi connectivity index (χ3v) is 2.13. The van der Waals surface area contributed by atoms with Crippen LogP contribution in [0.25, 0.3) is 0 Å². The fraction of sp³-hybridized carbons (Fsp3) is 1.00. The molecule has 2 heteroatoms. The van der Waals surface area contributed by atoms with Gasteiger partial charge in [0.05, 0.1) is 0 Å². The lowest BCUT2D eigenvalue weighted by Crippen LogP contribution is -2.29. The molecule has 0 aromatic rings. The van der Waals surface area contributed by atoms with Crippen molar-refractivity contribution in [2.45, 2.75) is 19.3 Å². The van der Waals surface area contributed by atoms with Gasteiger partial charge in [-0.1, -0.05) is 0 Å². The topological polar surface area (TPSA) is 12.0 Å². The van der Waals surface area contributed by atoms with Crippen LogP contribution in [0.2, 0.25) is 0 Å². The van der Waals surface area contributed by atoms with Gasteiger partial charge in [-0.3, -0.25) is 0 Å². The molecule has 1 N–H and O–H groups in total. The van der Waals surface area contributed by atoms with Crippen molar-refractivity contribution in [3.63, 3.8) is 0 Å². The molecule has 0 aromatic carbocycles. The summed E-state index contributed by atoms with van der Waals surface area (Å²) in [6.45, 7) is 2.39. The van der Waals surface area contributed by atoms with Crippen LogP contribution in [0.5, 0.6) is 0 Å². The van der Waals surface area contributed by atoms with E-state index in [-0.39, 0.29) is 0 Å². The van der Waals surface area contributed by atoms with Crippen molar-refractivity contribution in [2.75, 3.05) is 19.0 Å². The van der Waals surface area contributed by atoms with Crippen molar-refractivity contribution >= 4 is 11.6 Å². The van der Waals surface area contributed by atoms with E-state index >= 15 is 0 Å². The Balaban J connectivity index is 2.08. The van der Waals surface area contributed by atoms with E-state index in [1.807, 2.05) is 0 Å². The first-order valence-corrected chi connectivity index (χ1v) is 4.23. The maximum Gasteiger partial charge on any atom is 0.0226 e. The molecule has 1 nitrogen and oxygen atoms in total. The summed E-state index contributed by atoms with van der Waals surface area (Å²) in [6, 6.07) is 0. The maximum absolute atomic E-state index is 5.61. The van der Waals surface area contributed by atoms with Crippen molar-refractivity contribution in [1.82, 2.24) is 5.32 Å². The summed E-state index contributed by atoms with van der Waals surface area (Å²) in [6.07, 6.45) is 3.90. The number of rotatable bonds is 2. The lowest BCUT2D eigenvalue weighted by atomic mass is 9.97. The SMILES string of the molecule is ClCC[C@H]1CCCNC1. The molecular formula is C7H14ClN. The van der Waals surface area contributed by atoms with E-state index in [2.05, 4.69) is 5.32 Å². The lowest BCUT2D eigenvalue weighted by Gasteiger charge is -2.21. The van der Waals surface area contributed by atoms with Crippen LogP contribution < -0.4 is 5.32 Å². The summed E-state index contributed by atoms with van der Waals surface area (Å²) >= 11 is 5.61. The Labute approximate surface area is 61.8 Å². The molecule has 0 amide bonds. The average Bonchev–Trinajstić information content (AvgIpc) is 1.91. The number of halogens is 1. The van der Waals surface area contributed by atoms with Crippen LogP contribution in [0.4, 0.5) is 0 Å². The Kier molecular flexibility index (Phi) is 3.37. The lowest BCUT2D eigenvalue weighted by molar-refractivity contribution is 0.370. The highest BCUT2D eigenvalue weighted by Gasteiger charge is 2.10. The molecule has 1 atom stereocenters. The molecule has 0 spiro atoms. The molecule has 1 fully saturated rings. The molecule has 9 heavy (non-hydrogen) atoms. The van der Waals surface area contributed by atoms with Gasteiger partial charge in [0.1, 0.15) is 0 Å². The van der Waals surface area contributed by atoms with Gasteiger partial charge in [0.2, 0.25) is 0 Å². The minimum atomic E-state index is 0.826. The quantitative estimate of drug-likeness (QED) is 0.586. The van der Waals surface area contributed by atoms with Crippen LogP contribution in [0.3, 0.4) is 0 Å². The Bertz CT molecular complexity index is 66.6. The second-order valence-electron chi connectivity index (χ2n) is 2.69. The van der Waals surface area contributed by atoms with Crippen LogP contribution in [-0.2, 0) is 0 Å². The Morgan fingerprint density at radius 1 is 1.56 bits per heavy atom. The van der Waals surface area contributed by atoms with E-state index in [9.17, 15) is 0 Å². The molecule has 0 radical (unpaired) electrons. The molecule has 0 aliphatic carbocycles. The van der Waals surface area contributed by atoms with E-state index in [1.54, 1.807) is 0 Å². The van der Waals surface area contributed by atoms with Crippen molar-refractivity contribution in [2.24, 2.45) is 5.92 Å². The molecule has 0 aromatic heterocycles. The number of hydrogen-bond acceptors (Lipinski definition) is 1. The van der Waals surface area contributed by atoms with Gasteiger partial charge in [0, 0.05) is 5.88 Å². The third kappa shape index (κ3) is 2.55. The normalized spacial score (nSPS) is 28.3. The van der Waals surface area contributed by atoms with Crippen LogP contribution in [0, 0.1) is 5.92 Å². The predicted octanol–water partition coefficient (Wildman–Crippen LogP) is 1.61. The minimum Gasteiger partial charge on any atom is -0.316 e. The van der Waals surface area contributed by atoms with Gasteiger partial charge in [0.25, 0.3) is 0 Å². The van der Waals surface area contributed by atoms with E-state index < -0.39 is 0 Å². The first-order chi connectivity index (χ1) is 4.43. The highest BCUT2D eigenvalue weighted by Crippen LogP contribution is 2.13. The van der Waals surface area contributed by atoms with Crippen molar-refractivity contribution in [1.29, 1.82) is 0 Å². The number of nitrogens with one attached hydrogen (secondary N) is 1. The number of alkyl halides is 1. The molecule has 0 saturated carbocycles. The van der Waals surface area contributed by atoms with Crippen molar-refractivity contribution in [3.8, 4) is 0 Å². The summed E-state index contributed by atoms with van der Waals surface area (Å²) in [5.41, 5.74) is 0. The van der Waals surface area contributed by atoms with E-state index in [0.29, 0.717) is 0 Å². The first kappa shape index (κ1) is 7.36. The van der Waals surface area contributed by atoms with Crippen LogP contribution in [0.15, 0.2) is 0 Å². The molecule has 1 saturated heterocycles. The van der Waals surface area contributed by atoms with Gasteiger partial charge in [-0.2, -0.15) is 0 Å². The molecule has 0 bridgehead atoms. The summed E-state index contributed by atoms with van der Waals surface area (Å²) in [7, 11) is 0. The highest BCUT2D eigenvalue weighted by atomic mass is 35.5. The predicted molar refractivity (Wildman–Crippen MR) is 40.9 cm³/mol. The smallest absolute Gasteiger partial charge is 0.0226 e. The molecular weight excluding hydrogens is 134 g/mol. The standard InChI is InChI=1S/C7H14ClN/c8-4-3-7-2-1-5-9-6-7/h7,9H,1-6H2/t7-/m1/s1. The summed E-state index contributed by atoms with van der Waals surface area (Å²) in [5.74, 6) is 1.68. The van der Waals surface area contributed by atoms with Gasteiger partial charge in [-0.15, -0.1) is 11.6 Å². The second kappa shape index (κ2) is 4.13. The van der Waals surface area contributed by atoms with Crippen LogP contribution >= 0.6 is 11.6 Å². The minimum absolute atomic E-state index is 0.826. The van der Waals surface area contributed by atoms with Gasteiger partial charge >= 0.3 is 0 Å². The highest BCUT2D eigenvalue weighted by molar-refractivity contribution is 6.17. The Morgan fingerprint density at radius 2 is 2.44 bits per heavy atom. The molecule has 1 aliphatic heterocycles. The summed E-state index contributed by atoms with van der Waals surface area (Å²) < 4.78 is 0. The van der Waals surface area contributed by atoms with Gasteiger partial charge in [-0.25, -0.2) is 0 Å². The summed E-state index contributed by atoms with van der Waals surface area (Å²) in [5, 5.41) is 3.36. The van der Waals surface area contributed by atoms with Crippen LogP contribution in [0.1, 0.15) is 19.3 Å².